The Morgan fingerprint density at radius 2 is 1.90 bits per heavy atom. The van der Waals surface area contributed by atoms with Crippen LogP contribution in [0.15, 0.2) is 12.1 Å². The van der Waals surface area contributed by atoms with E-state index in [1.165, 1.54) is 19.1 Å². The number of nitrogens with one attached hydrogen (secondary N) is 1. The van der Waals surface area contributed by atoms with Crippen molar-refractivity contribution in [2.45, 2.75) is 32.2 Å². The smallest absolute Gasteiger partial charge is 0.397 e. The first-order chi connectivity index (χ1) is 9.52. The van der Waals surface area contributed by atoms with E-state index in [1.54, 1.807) is 0 Å². The predicted molar refractivity (Wildman–Crippen MR) is 75.6 cm³/mol. The highest BCUT2D eigenvalue weighted by Gasteiger charge is 2.38. The van der Waals surface area contributed by atoms with E-state index >= 15 is 0 Å². The molecule has 1 aromatic carbocycles. The molecule has 3 N–H and O–H groups in total. The van der Waals surface area contributed by atoms with Crippen LogP contribution in [0, 0.1) is 0 Å². The fraction of sp³-hybridized carbons (Fsp3) is 0.417. The maximum absolute atomic E-state index is 12.4. The fourth-order valence-corrected chi connectivity index (χ4v) is 1.95. The van der Waals surface area contributed by atoms with Crippen molar-refractivity contribution in [1.29, 1.82) is 0 Å². The Morgan fingerprint density at radius 1 is 1.33 bits per heavy atom. The number of ether oxygens (including phenoxy) is 1. The zero-order chi connectivity index (χ0) is 16.4. The number of halogens is 5. The highest BCUT2D eigenvalue weighted by molar-refractivity contribution is 6.37. The second kappa shape index (κ2) is 6.72. The highest BCUT2D eigenvalue weighted by Crippen LogP contribution is 2.32. The lowest BCUT2D eigenvalue weighted by Crippen LogP contribution is -2.37. The van der Waals surface area contributed by atoms with Crippen LogP contribution in [0.25, 0.3) is 0 Å². The number of nitrogens with two attached hydrogens (primary N) is 1. The standard InChI is InChI=1S/C12H13Cl2F3N2O2/c1-5(21-6(2)12(15,16)17)11(20)19-10-8(14)3-7(13)4-9(10)18/h3-6H,18H2,1-2H3,(H,19,20). The minimum Gasteiger partial charge on any atom is -0.397 e. The van der Waals surface area contributed by atoms with E-state index in [4.69, 9.17) is 28.9 Å². The number of anilines is 2. The Balaban J connectivity index is 2.78. The number of alkyl halides is 3. The van der Waals surface area contributed by atoms with Gasteiger partial charge in [0.15, 0.2) is 6.10 Å². The number of benzene rings is 1. The van der Waals surface area contributed by atoms with Gasteiger partial charge in [-0.15, -0.1) is 0 Å². The third-order valence-electron chi connectivity index (χ3n) is 2.57. The van der Waals surface area contributed by atoms with E-state index < -0.39 is 24.3 Å². The van der Waals surface area contributed by atoms with Crippen LogP contribution < -0.4 is 11.1 Å². The molecule has 0 aliphatic heterocycles. The van der Waals surface area contributed by atoms with Crippen LogP contribution in [0.3, 0.4) is 0 Å². The largest absolute Gasteiger partial charge is 0.414 e. The summed E-state index contributed by atoms with van der Waals surface area (Å²) >= 11 is 11.6. The van der Waals surface area contributed by atoms with Gasteiger partial charge in [0.2, 0.25) is 0 Å². The third kappa shape index (κ3) is 4.94. The fourth-order valence-electron chi connectivity index (χ4n) is 1.40. The maximum atomic E-state index is 12.4. The zero-order valence-corrected chi connectivity index (χ0v) is 12.6. The van der Waals surface area contributed by atoms with Crippen molar-refractivity contribution in [3.05, 3.63) is 22.2 Å². The van der Waals surface area contributed by atoms with E-state index in [0.717, 1.165) is 6.92 Å². The average molecular weight is 345 g/mol. The molecule has 0 aliphatic rings. The molecule has 0 aliphatic carbocycles. The Bertz CT molecular complexity index is 515. The molecule has 2 unspecified atom stereocenters. The lowest BCUT2D eigenvalue weighted by molar-refractivity contribution is -0.223. The van der Waals surface area contributed by atoms with Gasteiger partial charge in [-0.3, -0.25) is 4.79 Å². The lowest BCUT2D eigenvalue weighted by atomic mass is 10.2. The SMILES string of the molecule is CC(OC(C)C(F)(F)F)C(=O)Nc1c(N)cc(Cl)cc1Cl. The summed E-state index contributed by atoms with van der Waals surface area (Å²) in [5, 5.41) is 2.66. The van der Waals surface area contributed by atoms with Crippen molar-refractivity contribution < 1.29 is 22.7 Å². The van der Waals surface area contributed by atoms with Gasteiger partial charge in [-0.05, 0) is 26.0 Å². The molecule has 4 nitrogen and oxygen atoms in total. The van der Waals surface area contributed by atoms with Crippen LogP contribution >= 0.6 is 23.2 Å². The van der Waals surface area contributed by atoms with Gasteiger partial charge in [-0.1, -0.05) is 23.2 Å². The van der Waals surface area contributed by atoms with E-state index in [1.807, 2.05) is 0 Å². The normalized spacial score (nSPS) is 14.6. The maximum Gasteiger partial charge on any atom is 0.414 e. The number of nitrogen functional groups attached to an aromatic ring is 1. The van der Waals surface area contributed by atoms with Crippen LogP contribution in [0.4, 0.5) is 24.5 Å². The van der Waals surface area contributed by atoms with Gasteiger partial charge < -0.3 is 15.8 Å². The van der Waals surface area contributed by atoms with Gasteiger partial charge in [-0.25, -0.2) is 0 Å². The molecule has 0 heterocycles. The van der Waals surface area contributed by atoms with E-state index in [0.29, 0.717) is 0 Å². The molecule has 1 aromatic rings. The minimum absolute atomic E-state index is 0.0705. The average Bonchev–Trinajstić information content (AvgIpc) is 2.31. The number of hydrogen-bond donors (Lipinski definition) is 2. The second-order valence-corrected chi connectivity index (χ2v) is 5.15. The Kier molecular flexibility index (Phi) is 5.72. The minimum atomic E-state index is -4.55. The zero-order valence-electron chi connectivity index (χ0n) is 11.1. The predicted octanol–water partition coefficient (Wildman–Crippen LogP) is 3.87. The van der Waals surface area contributed by atoms with Gasteiger partial charge in [0.25, 0.3) is 5.91 Å². The molecular weight excluding hydrogens is 332 g/mol. The summed E-state index contributed by atoms with van der Waals surface area (Å²) in [5.74, 6) is -0.804. The van der Waals surface area contributed by atoms with Crippen molar-refractivity contribution in [3.8, 4) is 0 Å². The number of hydrogen-bond acceptors (Lipinski definition) is 3. The molecule has 0 fully saturated rings. The number of rotatable bonds is 4. The Hall–Kier alpha value is -1.18. The first kappa shape index (κ1) is 17.9. The summed E-state index contributed by atoms with van der Waals surface area (Å²) in [4.78, 5) is 11.8. The van der Waals surface area contributed by atoms with Crippen LogP contribution in [-0.4, -0.2) is 24.3 Å². The van der Waals surface area contributed by atoms with Gasteiger partial charge >= 0.3 is 6.18 Å². The molecule has 1 rings (SSSR count). The second-order valence-electron chi connectivity index (χ2n) is 4.30. The molecule has 0 saturated heterocycles. The topological polar surface area (TPSA) is 64.3 Å². The monoisotopic (exact) mass is 344 g/mol. The van der Waals surface area contributed by atoms with E-state index in [-0.39, 0.29) is 21.4 Å². The molecule has 21 heavy (non-hydrogen) atoms. The summed E-state index contributed by atoms with van der Waals surface area (Å²) < 4.78 is 41.7. The van der Waals surface area contributed by atoms with Crippen LogP contribution in [0.2, 0.25) is 10.0 Å². The molecule has 0 radical (unpaired) electrons. The third-order valence-corrected chi connectivity index (χ3v) is 3.09. The van der Waals surface area contributed by atoms with Gasteiger partial charge in [0, 0.05) is 5.02 Å². The van der Waals surface area contributed by atoms with Crippen molar-refractivity contribution in [2.24, 2.45) is 0 Å². The van der Waals surface area contributed by atoms with Crippen molar-refractivity contribution >= 4 is 40.5 Å². The Labute approximate surface area is 129 Å². The first-order valence-electron chi connectivity index (χ1n) is 5.80. The summed E-state index contributed by atoms with van der Waals surface area (Å²) in [6.07, 6.45) is -7.96. The summed E-state index contributed by atoms with van der Waals surface area (Å²) in [6, 6.07) is 2.70. The number of carbonyl (C=O) groups is 1. The van der Waals surface area contributed by atoms with Crippen molar-refractivity contribution in [2.75, 3.05) is 11.1 Å². The van der Waals surface area contributed by atoms with Crippen molar-refractivity contribution in [3.63, 3.8) is 0 Å². The summed E-state index contributed by atoms with van der Waals surface area (Å²) in [5.41, 5.74) is 5.80. The molecule has 2 atom stereocenters. The van der Waals surface area contributed by atoms with Gasteiger partial charge in [-0.2, -0.15) is 13.2 Å². The van der Waals surface area contributed by atoms with Gasteiger partial charge in [0.1, 0.15) is 6.10 Å². The Morgan fingerprint density at radius 3 is 2.38 bits per heavy atom. The summed E-state index contributed by atoms with van der Waals surface area (Å²) in [7, 11) is 0. The van der Waals surface area contributed by atoms with E-state index in [9.17, 15) is 18.0 Å². The molecule has 0 aromatic heterocycles. The van der Waals surface area contributed by atoms with Gasteiger partial charge in [0.05, 0.1) is 16.4 Å². The molecule has 1 amide bonds. The molecule has 0 saturated carbocycles. The first-order valence-corrected chi connectivity index (χ1v) is 6.55. The van der Waals surface area contributed by atoms with Crippen LogP contribution in [-0.2, 0) is 9.53 Å². The quantitative estimate of drug-likeness (QED) is 0.815. The summed E-state index contributed by atoms with van der Waals surface area (Å²) in [6.45, 7) is 2.00. The number of amides is 1. The molecule has 0 spiro atoms. The molecule has 9 heteroatoms. The van der Waals surface area contributed by atoms with Crippen LogP contribution in [0.5, 0.6) is 0 Å². The molecule has 118 valence electrons. The number of carbonyl (C=O) groups excluding carboxylic acids is 1. The highest BCUT2D eigenvalue weighted by atomic mass is 35.5. The van der Waals surface area contributed by atoms with Crippen molar-refractivity contribution in [1.82, 2.24) is 0 Å². The lowest BCUT2D eigenvalue weighted by Gasteiger charge is -2.21. The van der Waals surface area contributed by atoms with E-state index in [2.05, 4.69) is 10.1 Å². The molecule has 0 bridgehead atoms. The molecular formula is C12H13Cl2F3N2O2. The van der Waals surface area contributed by atoms with Crippen LogP contribution in [0.1, 0.15) is 13.8 Å².